The van der Waals surface area contributed by atoms with Crippen LogP contribution in [0.1, 0.15) is 28.3 Å². The van der Waals surface area contributed by atoms with Gasteiger partial charge in [0.15, 0.2) is 0 Å². The quantitative estimate of drug-likeness (QED) is 0.876. The molecule has 19 heavy (non-hydrogen) atoms. The maximum Gasteiger partial charge on any atom is 0.123 e. The monoisotopic (exact) mass is 277 g/mol. The van der Waals surface area contributed by atoms with Gasteiger partial charge in [-0.05, 0) is 61.3 Å². The molecule has 1 unspecified atom stereocenters. The standard InChI is InChI=1S/C16H17ClFN/c1-10-4-5-14(15(17)8-10)16(19-3)12-6-11(2)7-13(18)9-12/h4-9,16,19H,1-3H3. The second kappa shape index (κ2) is 5.72. The third-order valence-corrected chi connectivity index (χ3v) is 3.48. The van der Waals surface area contributed by atoms with Gasteiger partial charge in [0.2, 0.25) is 0 Å². The molecule has 1 nitrogen and oxygen atoms in total. The van der Waals surface area contributed by atoms with Gasteiger partial charge in [-0.15, -0.1) is 0 Å². The van der Waals surface area contributed by atoms with Crippen LogP contribution in [0.3, 0.4) is 0 Å². The van der Waals surface area contributed by atoms with E-state index in [0.717, 1.165) is 22.3 Å². The van der Waals surface area contributed by atoms with Crippen LogP contribution in [0.15, 0.2) is 36.4 Å². The van der Waals surface area contributed by atoms with Crippen molar-refractivity contribution in [1.82, 2.24) is 5.32 Å². The molecule has 2 rings (SSSR count). The van der Waals surface area contributed by atoms with Gasteiger partial charge < -0.3 is 5.32 Å². The second-order valence-electron chi connectivity index (χ2n) is 4.81. The summed E-state index contributed by atoms with van der Waals surface area (Å²) >= 11 is 6.30. The Morgan fingerprint density at radius 1 is 1.05 bits per heavy atom. The molecule has 0 aliphatic heterocycles. The SMILES string of the molecule is CNC(c1cc(C)cc(F)c1)c1ccc(C)cc1Cl. The third kappa shape index (κ3) is 3.14. The molecule has 0 aromatic heterocycles. The minimum absolute atomic E-state index is 0.109. The van der Waals surface area contributed by atoms with Gasteiger partial charge in [-0.3, -0.25) is 0 Å². The Kier molecular flexibility index (Phi) is 4.23. The molecule has 2 aromatic rings. The van der Waals surface area contributed by atoms with Crippen molar-refractivity contribution in [2.24, 2.45) is 0 Å². The van der Waals surface area contributed by atoms with Crippen molar-refractivity contribution in [3.63, 3.8) is 0 Å². The molecule has 0 aliphatic carbocycles. The molecule has 1 N–H and O–H groups in total. The summed E-state index contributed by atoms with van der Waals surface area (Å²) in [5, 5.41) is 3.89. The summed E-state index contributed by atoms with van der Waals surface area (Å²) in [6, 6.07) is 10.9. The maximum absolute atomic E-state index is 13.5. The van der Waals surface area contributed by atoms with E-state index in [1.807, 2.05) is 45.2 Å². The Morgan fingerprint density at radius 3 is 2.37 bits per heavy atom. The molecule has 100 valence electrons. The Balaban J connectivity index is 2.49. The van der Waals surface area contributed by atoms with Crippen LogP contribution in [-0.4, -0.2) is 7.05 Å². The molecule has 0 saturated carbocycles. The first kappa shape index (κ1) is 14.0. The van der Waals surface area contributed by atoms with E-state index in [0.29, 0.717) is 5.02 Å². The number of hydrogen-bond acceptors (Lipinski definition) is 1. The highest BCUT2D eigenvalue weighted by molar-refractivity contribution is 6.31. The number of hydrogen-bond donors (Lipinski definition) is 1. The minimum Gasteiger partial charge on any atom is -0.309 e. The van der Waals surface area contributed by atoms with Gasteiger partial charge in [0.25, 0.3) is 0 Å². The third-order valence-electron chi connectivity index (χ3n) is 3.15. The van der Waals surface area contributed by atoms with E-state index in [2.05, 4.69) is 5.32 Å². The molecule has 0 bridgehead atoms. The van der Waals surface area contributed by atoms with Gasteiger partial charge in [-0.1, -0.05) is 29.8 Å². The number of nitrogens with one attached hydrogen (secondary N) is 1. The molecule has 0 heterocycles. The molecule has 1 atom stereocenters. The van der Waals surface area contributed by atoms with Crippen molar-refractivity contribution in [3.8, 4) is 0 Å². The average Bonchev–Trinajstić information content (AvgIpc) is 2.31. The molecule has 0 saturated heterocycles. The molecule has 0 radical (unpaired) electrons. The van der Waals surface area contributed by atoms with Crippen molar-refractivity contribution in [3.05, 3.63) is 69.5 Å². The Hall–Kier alpha value is -1.38. The predicted octanol–water partition coefficient (Wildman–Crippen LogP) is 4.40. The number of rotatable bonds is 3. The largest absolute Gasteiger partial charge is 0.309 e. The van der Waals surface area contributed by atoms with E-state index in [1.54, 1.807) is 6.07 Å². The lowest BCUT2D eigenvalue weighted by molar-refractivity contribution is 0.615. The lowest BCUT2D eigenvalue weighted by Gasteiger charge is -2.19. The smallest absolute Gasteiger partial charge is 0.123 e. The van der Waals surface area contributed by atoms with Crippen molar-refractivity contribution in [2.45, 2.75) is 19.9 Å². The van der Waals surface area contributed by atoms with Crippen LogP contribution >= 0.6 is 11.6 Å². The Bertz CT molecular complexity index is 575. The molecule has 0 aliphatic rings. The summed E-state index contributed by atoms with van der Waals surface area (Å²) < 4.78 is 13.5. The first-order valence-corrected chi connectivity index (χ1v) is 6.59. The summed E-state index contributed by atoms with van der Waals surface area (Å²) in [6.07, 6.45) is 0. The predicted molar refractivity (Wildman–Crippen MR) is 78.2 cm³/mol. The van der Waals surface area contributed by atoms with Crippen molar-refractivity contribution in [1.29, 1.82) is 0 Å². The lowest BCUT2D eigenvalue weighted by atomic mass is 9.96. The lowest BCUT2D eigenvalue weighted by Crippen LogP contribution is -2.18. The molecule has 2 aromatic carbocycles. The Morgan fingerprint density at radius 2 is 1.79 bits per heavy atom. The van der Waals surface area contributed by atoms with Crippen LogP contribution in [0.25, 0.3) is 0 Å². The summed E-state index contributed by atoms with van der Waals surface area (Å²) in [6.45, 7) is 3.88. The summed E-state index contributed by atoms with van der Waals surface area (Å²) in [4.78, 5) is 0. The first-order valence-electron chi connectivity index (χ1n) is 6.21. The zero-order valence-corrected chi connectivity index (χ0v) is 12.1. The van der Waals surface area contributed by atoms with E-state index in [4.69, 9.17) is 11.6 Å². The van der Waals surface area contributed by atoms with Gasteiger partial charge in [-0.25, -0.2) is 4.39 Å². The fraction of sp³-hybridized carbons (Fsp3) is 0.250. The number of benzene rings is 2. The van der Waals surface area contributed by atoms with Crippen molar-refractivity contribution >= 4 is 11.6 Å². The normalized spacial score (nSPS) is 12.5. The number of halogens is 2. The molecular formula is C16H17ClFN. The van der Waals surface area contributed by atoms with Crippen molar-refractivity contribution < 1.29 is 4.39 Å². The average molecular weight is 278 g/mol. The van der Waals surface area contributed by atoms with Crippen LogP contribution in [0, 0.1) is 19.7 Å². The van der Waals surface area contributed by atoms with Gasteiger partial charge >= 0.3 is 0 Å². The zero-order valence-electron chi connectivity index (χ0n) is 11.3. The van der Waals surface area contributed by atoms with Gasteiger partial charge in [-0.2, -0.15) is 0 Å². The molecule has 0 spiro atoms. The van der Waals surface area contributed by atoms with Crippen LogP contribution in [-0.2, 0) is 0 Å². The van der Waals surface area contributed by atoms with Crippen LogP contribution in [0.5, 0.6) is 0 Å². The van der Waals surface area contributed by atoms with Crippen LogP contribution in [0.2, 0.25) is 5.02 Å². The highest BCUT2D eigenvalue weighted by atomic mass is 35.5. The molecule has 0 fully saturated rings. The summed E-state index contributed by atoms with van der Waals surface area (Å²) in [7, 11) is 1.85. The van der Waals surface area contributed by atoms with E-state index >= 15 is 0 Å². The van der Waals surface area contributed by atoms with E-state index in [9.17, 15) is 4.39 Å². The summed E-state index contributed by atoms with van der Waals surface area (Å²) in [5.74, 6) is -0.224. The fourth-order valence-corrected chi connectivity index (χ4v) is 2.64. The highest BCUT2D eigenvalue weighted by Gasteiger charge is 2.16. The Labute approximate surface area is 118 Å². The molecule has 3 heteroatoms. The van der Waals surface area contributed by atoms with Crippen LogP contribution in [0.4, 0.5) is 4.39 Å². The second-order valence-corrected chi connectivity index (χ2v) is 5.22. The molecular weight excluding hydrogens is 261 g/mol. The summed E-state index contributed by atoms with van der Waals surface area (Å²) in [5.41, 5.74) is 3.85. The number of aryl methyl sites for hydroxylation is 2. The first-order chi connectivity index (χ1) is 9.01. The molecule has 0 amide bonds. The van der Waals surface area contributed by atoms with Gasteiger partial charge in [0, 0.05) is 5.02 Å². The van der Waals surface area contributed by atoms with E-state index < -0.39 is 0 Å². The minimum atomic E-state index is -0.224. The van der Waals surface area contributed by atoms with Gasteiger partial charge in [0.05, 0.1) is 6.04 Å². The van der Waals surface area contributed by atoms with Crippen LogP contribution < -0.4 is 5.32 Å². The highest BCUT2D eigenvalue weighted by Crippen LogP contribution is 2.29. The maximum atomic E-state index is 13.5. The van der Waals surface area contributed by atoms with E-state index in [1.165, 1.54) is 6.07 Å². The topological polar surface area (TPSA) is 12.0 Å². The van der Waals surface area contributed by atoms with Crippen molar-refractivity contribution in [2.75, 3.05) is 7.05 Å². The van der Waals surface area contributed by atoms with E-state index in [-0.39, 0.29) is 11.9 Å². The van der Waals surface area contributed by atoms with Gasteiger partial charge in [0.1, 0.15) is 5.82 Å². The zero-order chi connectivity index (χ0) is 14.0. The fourth-order valence-electron chi connectivity index (χ4n) is 2.30.